The molecule has 0 spiro atoms. The van der Waals surface area contributed by atoms with E-state index in [-0.39, 0.29) is 5.78 Å². The summed E-state index contributed by atoms with van der Waals surface area (Å²) in [6.45, 7) is 5.44. The van der Waals surface area contributed by atoms with Gasteiger partial charge in [0.2, 0.25) is 0 Å². The van der Waals surface area contributed by atoms with Crippen molar-refractivity contribution in [1.82, 2.24) is 0 Å². The average molecular weight is 248 g/mol. The number of rotatable bonds is 4. The Hall–Kier alpha value is -1.35. The van der Waals surface area contributed by atoms with Crippen LogP contribution in [-0.2, 0) is 4.74 Å². The maximum Gasteiger partial charge on any atom is 0.163 e. The van der Waals surface area contributed by atoms with Crippen LogP contribution >= 0.6 is 0 Å². The third kappa shape index (κ3) is 2.72. The van der Waals surface area contributed by atoms with Gasteiger partial charge in [-0.3, -0.25) is 4.79 Å². The van der Waals surface area contributed by atoms with Crippen LogP contribution in [0.1, 0.15) is 34.3 Å². The van der Waals surface area contributed by atoms with Gasteiger partial charge in [-0.15, -0.1) is 0 Å². The normalized spacial score (nSPS) is 18.9. The molecule has 18 heavy (non-hydrogen) atoms. The van der Waals surface area contributed by atoms with Crippen LogP contribution in [0.2, 0.25) is 0 Å². The largest absolute Gasteiger partial charge is 0.496 e. The zero-order valence-corrected chi connectivity index (χ0v) is 11.3. The fourth-order valence-electron chi connectivity index (χ4n) is 2.43. The van der Waals surface area contributed by atoms with Crippen molar-refractivity contribution in [2.24, 2.45) is 5.92 Å². The lowest BCUT2D eigenvalue weighted by molar-refractivity contribution is 0.0952. The van der Waals surface area contributed by atoms with E-state index in [0.29, 0.717) is 12.3 Å². The number of methoxy groups -OCH3 is 1. The second-order valence-corrected chi connectivity index (χ2v) is 4.99. The molecule has 1 aromatic carbocycles. The van der Waals surface area contributed by atoms with Crippen molar-refractivity contribution in [3.63, 3.8) is 0 Å². The van der Waals surface area contributed by atoms with Gasteiger partial charge in [-0.1, -0.05) is 0 Å². The number of benzene rings is 1. The van der Waals surface area contributed by atoms with E-state index in [1.54, 1.807) is 7.11 Å². The lowest BCUT2D eigenvalue weighted by Gasteiger charge is -2.12. The number of ketones is 1. The van der Waals surface area contributed by atoms with Crippen LogP contribution in [0.25, 0.3) is 0 Å². The average Bonchev–Trinajstić information content (AvgIpc) is 2.84. The van der Waals surface area contributed by atoms with Gasteiger partial charge >= 0.3 is 0 Å². The van der Waals surface area contributed by atoms with Gasteiger partial charge in [-0.2, -0.15) is 0 Å². The van der Waals surface area contributed by atoms with Gasteiger partial charge in [0.15, 0.2) is 5.78 Å². The molecule has 3 nitrogen and oxygen atoms in total. The molecule has 2 rings (SSSR count). The van der Waals surface area contributed by atoms with Gasteiger partial charge in [0.1, 0.15) is 5.75 Å². The Morgan fingerprint density at radius 2 is 2.17 bits per heavy atom. The number of carbonyl (C=O) groups excluding carboxylic acids is 1. The molecule has 0 aromatic heterocycles. The van der Waals surface area contributed by atoms with Crippen LogP contribution < -0.4 is 4.74 Å². The predicted molar refractivity (Wildman–Crippen MR) is 70.3 cm³/mol. The molecule has 0 saturated carbocycles. The zero-order chi connectivity index (χ0) is 13.1. The van der Waals surface area contributed by atoms with Crippen LogP contribution in [0, 0.1) is 19.8 Å². The molecule has 1 atom stereocenters. The van der Waals surface area contributed by atoms with Gasteiger partial charge in [0, 0.05) is 25.2 Å². The van der Waals surface area contributed by atoms with E-state index >= 15 is 0 Å². The van der Waals surface area contributed by atoms with Crippen LogP contribution in [0.5, 0.6) is 5.75 Å². The monoisotopic (exact) mass is 248 g/mol. The highest BCUT2D eigenvalue weighted by Crippen LogP contribution is 2.25. The number of ether oxygens (including phenoxy) is 2. The molecule has 1 unspecified atom stereocenters. The highest BCUT2D eigenvalue weighted by Gasteiger charge is 2.21. The van der Waals surface area contributed by atoms with Crippen molar-refractivity contribution >= 4 is 5.78 Å². The molecule has 0 bridgehead atoms. The molecule has 0 N–H and O–H groups in total. The number of hydrogen-bond donors (Lipinski definition) is 0. The molecule has 1 aromatic rings. The summed E-state index contributed by atoms with van der Waals surface area (Å²) in [6, 6.07) is 3.88. The standard InChI is InChI=1S/C15H20O3/c1-10-7-15(17-3)11(2)6-13(10)14(16)8-12-4-5-18-9-12/h6-7,12H,4-5,8-9H2,1-3H3. The first-order chi connectivity index (χ1) is 8.61. The zero-order valence-electron chi connectivity index (χ0n) is 11.3. The van der Waals surface area contributed by atoms with Crippen LogP contribution in [0.3, 0.4) is 0 Å². The van der Waals surface area contributed by atoms with E-state index in [1.807, 2.05) is 26.0 Å². The summed E-state index contributed by atoms with van der Waals surface area (Å²) in [7, 11) is 1.65. The van der Waals surface area contributed by atoms with Crippen molar-refractivity contribution in [2.45, 2.75) is 26.7 Å². The topological polar surface area (TPSA) is 35.5 Å². The second-order valence-electron chi connectivity index (χ2n) is 4.99. The van der Waals surface area contributed by atoms with E-state index in [2.05, 4.69) is 0 Å². The highest BCUT2D eigenvalue weighted by atomic mass is 16.5. The van der Waals surface area contributed by atoms with E-state index in [0.717, 1.165) is 42.1 Å². The van der Waals surface area contributed by atoms with Crippen molar-refractivity contribution in [2.75, 3.05) is 20.3 Å². The minimum atomic E-state index is 0.216. The Morgan fingerprint density at radius 3 is 2.78 bits per heavy atom. The van der Waals surface area contributed by atoms with Crippen molar-refractivity contribution < 1.29 is 14.3 Å². The van der Waals surface area contributed by atoms with Crippen LogP contribution in [0.15, 0.2) is 12.1 Å². The van der Waals surface area contributed by atoms with Gasteiger partial charge in [-0.25, -0.2) is 0 Å². The van der Waals surface area contributed by atoms with Crippen molar-refractivity contribution in [3.05, 3.63) is 28.8 Å². The minimum Gasteiger partial charge on any atom is -0.496 e. The molecular weight excluding hydrogens is 228 g/mol. The van der Waals surface area contributed by atoms with E-state index < -0.39 is 0 Å². The molecule has 1 aliphatic heterocycles. The first kappa shape index (κ1) is 13.1. The fourth-order valence-corrected chi connectivity index (χ4v) is 2.43. The molecule has 0 amide bonds. The Labute approximate surface area is 108 Å². The molecule has 98 valence electrons. The number of hydrogen-bond acceptors (Lipinski definition) is 3. The summed E-state index contributed by atoms with van der Waals surface area (Å²) in [5.74, 6) is 1.45. The number of Topliss-reactive ketones (excluding diaryl/α,β-unsaturated/α-hetero) is 1. The Kier molecular flexibility index (Phi) is 4.02. The maximum absolute atomic E-state index is 12.3. The summed E-state index contributed by atoms with van der Waals surface area (Å²) < 4.78 is 10.6. The molecule has 0 aliphatic carbocycles. The first-order valence-electron chi connectivity index (χ1n) is 6.38. The third-order valence-electron chi connectivity index (χ3n) is 3.54. The Balaban J connectivity index is 2.16. The van der Waals surface area contributed by atoms with E-state index in [4.69, 9.17) is 9.47 Å². The number of aryl methyl sites for hydroxylation is 2. The summed E-state index contributed by atoms with van der Waals surface area (Å²) >= 11 is 0. The predicted octanol–water partition coefficient (Wildman–Crippen LogP) is 2.92. The lowest BCUT2D eigenvalue weighted by Crippen LogP contribution is -2.10. The third-order valence-corrected chi connectivity index (χ3v) is 3.54. The van der Waals surface area contributed by atoms with E-state index in [9.17, 15) is 4.79 Å². The quantitative estimate of drug-likeness (QED) is 0.768. The summed E-state index contributed by atoms with van der Waals surface area (Å²) in [5, 5.41) is 0. The van der Waals surface area contributed by atoms with Gasteiger partial charge in [0.05, 0.1) is 7.11 Å². The van der Waals surface area contributed by atoms with E-state index in [1.165, 1.54) is 0 Å². The van der Waals surface area contributed by atoms with Crippen molar-refractivity contribution in [3.8, 4) is 5.75 Å². The summed E-state index contributed by atoms with van der Waals surface area (Å²) in [5.41, 5.74) is 2.82. The first-order valence-corrected chi connectivity index (χ1v) is 6.38. The minimum absolute atomic E-state index is 0.216. The maximum atomic E-state index is 12.3. The fraction of sp³-hybridized carbons (Fsp3) is 0.533. The molecular formula is C15H20O3. The highest BCUT2D eigenvalue weighted by molar-refractivity contribution is 5.98. The Morgan fingerprint density at radius 1 is 1.39 bits per heavy atom. The lowest BCUT2D eigenvalue weighted by atomic mass is 9.94. The molecule has 1 aliphatic rings. The number of carbonyl (C=O) groups is 1. The molecule has 3 heteroatoms. The molecule has 0 radical (unpaired) electrons. The molecule has 1 saturated heterocycles. The summed E-state index contributed by atoms with van der Waals surface area (Å²) in [4.78, 5) is 12.3. The molecule has 1 heterocycles. The van der Waals surface area contributed by atoms with Gasteiger partial charge < -0.3 is 9.47 Å². The van der Waals surface area contributed by atoms with Gasteiger partial charge in [0.25, 0.3) is 0 Å². The SMILES string of the molecule is COc1cc(C)c(C(=O)CC2CCOC2)cc1C. The summed E-state index contributed by atoms with van der Waals surface area (Å²) in [6.07, 6.45) is 1.59. The molecule has 1 fully saturated rings. The smallest absolute Gasteiger partial charge is 0.163 e. The van der Waals surface area contributed by atoms with Crippen molar-refractivity contribution in [1.29, 1.82) is 0 Å². The van der Waals surface area contributed by atoms with Crippen LogP contribution in [0.4, 0.5) is 0 Å². The van der Waals surface area contributed by atoms with Crippen LogP contribution in [-0.4, -0.2) is 26.1 Å². The second kappa shape index (κ2) is 5.53. The Bertz CT molecular complexity index is 445. The van der Waals surface area contributed by atoms with Gasteiger partial charge in [-0.05, 0) is 49.4 Å².